The maximum Gasteiger partial charge on any atom is 0.328 e. The molecular weight excluding hydrogens is 432 g/mol. The number of β-amino-alcohol motifs (C(OH)–C–C–N with tert-alkyl or cyclic N) is 1. The highest BCUT2D eigenvalue weighted by Gasteiger charge is 2.58. The molecule has 182 valence electrons. The van der Waals surface area contributed by atoms with E-state index >= 15 is 0 Å². The molecule has 8 unspecified atom stereocenters. The molecule has 5 fully saturated rings. The molecule has 34 heavy (non-hydrogen) atoms. The summed E-state index contributed by atoms with van der Waals surface area (Å²) >= 11 is 0. The molecule has 8 heteroatoms. The molecule has 1 aromatic rings. The molecule has 1 aromatic carbocycles. The second-order valence-corrected chi connectivity index (χ2v) is 10.8. The SMILES string of the molecule is CCCN1C(=O)C2NC(C3C4CC5CC(C4)C3C5)=NC2N(CC(O)COc2ccccc2)C1=O. The zero-order valence-corrected chi connectivity index (χ0v) is 19.7. The molecule has 0 spiro atoms. The molecule has 4 bridgehead atoms. The number of rotatable bonds is 8. The Balaban J connectivity index is 1.21. The van der Waals surface area contributed by atoms with Crippen molar-refractivity contribution in [2.45, 2.75) is 57.3 Å². The van der Waals surface area contributed by atoms with Gasteiger partial charge in [0.2, 0.25) is 0 Å². The van der Waals surface area contributed by atoms with Crippen LogP contribution in [0.3, 0.4) is 0 Å². The van der Waals surface area contributed by atoms with E-state index in [4.69, 9.17) is 9.73 Å². The number of aliphatic imine (C=N–C) groups is 1. The van der Waals surface area contributed by atoms with Crippen molar-refractivity contribution in [1.82, 2.24) is 15.1 Å². The molecule has 4 aliphatic carbocycles. The van der Waals surface area contributed by atoms with E-state index < -0.39 is 18.3 Å². The van der Waals surface area contributed by atoms with Crippen molar-refractivity contribution in [2.24, 2.45) is 34.6 Å². The Morgan fingerprint density at radius 1 is 1.15 bits per heavy atom. The van der Waals surface area contributed by atoms with Crippen LogP contribution in [0.15, 0.2) is 35.3 Å². The number of aliphatic hydroxyl groups excluding tert-OH is 1. The number of fused-ring (bicyclic) bond motifs is 1. The summed E-state index contributed by atoms with van der Waals surface area (Å²) in [6, 6.07) is 8.37. The fourth-order valence-corrected chi connectivity index (χ4v) is 7.41. The Bertz CT molecular complexity index is 980. The van der Waals surface area contributed by atoms with Gasteiger partial charge in [-0.25, -0.2) is 9.79 Å². The number of carbonyl (C=O) groups excluding carboxylic acids is 2. The monoisotopic (exact) mass is 466 g/mol. The summed E-state index contributed by atoms with van der Waals surface area (Å²) < 4.78 is 5.70. The molecule has 0 aromatic heterocycles. The summed E-state index contributed by atoms with van der Waals surface area (Å²) in [7, 11) is 0. The Labute approximate surface area is 200 Å². The van der Waals surface area contributed by atoms with Gasteiger partial charge in [-0.1, -0.05) is 25.1 Å². The summed E-state index contributed by atoms with van der Waals surface area (Å²) in [5, 5.41) is 14.2. The summed E-state index contributed by atoms with van der Waals surface area (Å²) in [5.41, 5.74) is 0. The largest absolute Gasteiger partial charge is 0.491 e. The van der Waals surface area contributed by atoms with Crippen LogP contribution in [0.1, 0.15) is 39.0 Å². The minimum absolute atomic E-state index is 0.0622. The number of para-hydroxylation sites is 1. The summed E-state index contributed by atoms with van der Waals surface area (Å²) in [6.07, 6.45) is 4.35. The summed E-state index contributed by atoms with van der Waals surface area (Å²) in [4.78, 5) is 34.5. The fourth-order valence-electron chi connectivity index (χ4n) is 7.41. The first-order chi connectivity index (χ1) is 16.5. The number of aliphatic hydroxyl groups is 1. The maximum absolute atomic E-state index is 13.3. The van der Waals surface area contributed by atoms with E-state index in [2.05, 4.69) is 5.32 Å². The van der Waals surface area contributed by atoms with E-state index in [9.17, 15) is 14.7 Å². The first-order valence-electron chi connectivity index (χ1n) is 12.9. The van der Waals surface area contributed by atoms with Crippen LogP contribution in [-0.2, 0) is 4.79 Å². The number of imide groups is 1. The lowest BCUT2D eigenvalue weighted by atomic mass is 9.75. The van der Waals surface area contributed by atoms with Crippen molar-refractivity contribution in [2.75, 3.05) is 19.7 Å². The van der Waals surface area contributed by atoms with Gasteiger partial charge in [0.15, 0.2) is 6.17 Å². The van der Waals surface area contributed by atoms with E-state index in [1.165, 1.54) is 30.6 Å². The predicted octanol–water partition coefficient (Wildman–Crippen LogP) is 2.48. The third-order valence-electron chi connectivity index (χ3n) is 8.61. The van der Waals surface area contributed by atoms with Crippen LogP contribution in [0, 0.1) is 29.6 Å². The smallest absolute Gasteiger partial charge is 0.328 e. The van der Waals surface area contributed by atoms with E-state index in [0.29, 0.717) is 36.5 Å². The third kappa shape index (κ3) is 3.58. The lowest BCUT2D eigenvalue weighted by Crippen LogP contribution is -2.66. The van der Waals surface area contributed by atoms with E-state index in [1.807, 2.05) is 37.3 Å². The highest BCUT2D eigenvalue weighted by molar-refractivity contribution is 6.04. The molecule has 7 rings (SSSR count). The number of nitrogens with zero attached hydrogens (tertiary/aromatic N) is 3. The van der Waals surface area contributed by atoms with Gasteiger partial charge in [-0.2, -0.15) is 0 Å². The van der Waals surface area contributed by atoms with Gasteiger partial charge in [-0.3, -0.25) is 14.6 Å². The van der Waals surface area contributed by atoms with Crippen LogP contribution >= 0.6 is 0 Å². The third-order valence-corrected chi connectivity index (χ3v) is 8.61. The van der Waals surface area contributed by atoms with Crippen LogP contribution in [0.5, 0.6) is 5.75 Å². The van der Waals surface area contributed by atoms with Gasteiger partial charge >= 0.3 is 6.03 Å². The van der Waals surface area contributed by atoms with Crippen molar-refractivity contribution in [3.8, 4) is 5.75 Å². The Morgan fingerprint density at radius 2 is 1.94 bits per heavy atom. The molecule has 8 nitrogen and oxygen atoms in total. The second-order valence-electron chi connectivity index (χ2n) is 10.8. The lowest BCUT2D eigenvalue weighted by Gasteiger charge is -2.41. The minimum atomic E-state index is -0.890. The van der Waals surface area contributed by atoms with Gasteiger partial charge in [-0.05, 0) is 67.9 Å². The minimum Gasteiger partial charge on any atom is -0.491 e. The van der Waals surface area contributed by atoms with Crippen molar-refractivity contribution >= 4 is 17.8 Å². The Morgan fingerprint density at radius 3 is 2.71 bits per heavy atom. The molecule has 3 amide bonds. The van der Waals surface area contributed by atoms with Crippen molar-refractivity contribution in [3.63, 3.8) is 0 Å². The second kappa shape index (κ2) is 8.56. The number of ether oxygens (including phenoxy) is 1. The first kappa shape index (κ1) is 21.9. The average Bonchev–Trinajstić information content (AvgIpc) is 3.47. The van der Waals surface area contributed by atoms with Gasteiger partial charge < -0.3 is 15.2 Å². The molecule has 1 saturated heterocycles. The van der Waals surface area contributed by atoms with Crippen LogP contribution in [0.4, 0.5) is 4.79 Å². The van der Waals surface area contributed by atoms with Crippen LogP contribution in [0.25, 0.3) is 0 Å². The molecule has 2 N–H and O–H groups in total. The number of carbonyl (C=O) groups is 2. The number of nitrogens with one attached hydrogen (secondary N) is 1. The standard InChI is InChI=1S/C26H34N4O4/c1-2-8-29-25(32)22-24(28-23(27-22)21-17-10-15-9-16(12-17)20(21)11-15)30(26(29)33)13-18(31)14-34-19-6-4-3-5-7-19/h3-7,15-18,20-22,24,31H,2,8-14H2,1H3,(H,27,28). The predicted molar refractivity (Wildman–Crippen MR) is 126 cm³/mol. The summed E-state index contributed by atoms with van der Waals surface area (Å²) in [6.45, 7) is 2.45. The molecule has 6 aliphatic rings. The number of hydrogen-bond acceptors (Lipinski definition) is 6. The molecule has 4 saturated carbocycles. The number of urea groups is 1. The molecule has 0 radical (unpaired) electrons. The number of amidine groups is 1. The maximum atomic E-state index is 13.3. The van der Waals surface area contributed by atoms with E-state index in [-0.39, 0.29) is 25.1 Å². The van der Waals surface area contributed by atoms with E-state index in [0.717, 1.165) is 17.7 Å². The van der Waals surface area contributed by atoms with Gasteiger partial charge in [0.1, 0.15) is 30.3 Å². The lowest BCUT2D eigenvalue weighted by molar-refractivity contribution is -0.135. The van der Waals surface area contributed by atoms with Crippen LogP contribution < -0.4 is 10.1 Å². The zero-order valence-electron chi connectivity index (χ0n) is 19.7. The average molecular weight is 467 g/mol. The van der Waals surface area contributed by atoms with Crippen LogP contribution in [-0.4, -0.2) is 70.7 Å². The Hall–Kier alpha value is -2.61. The number of amides is 3. The van der Waals surface area contributed by atoms with Gasteiger partial charge in [-0.15, -0.1) is 0 Å². The van der Waals surface area contributed by atoms with Crippen molar-refractivity contribution in [1.29, 1.82) is 0 Å². The van der Waals surface area contributed by atoms with Gasteiger partial charge in [0.25, 0.3) is 5.91 Å². The molecule has 2 aliphatic heterocycles. The van der Waals surface area contributed by atoms with Crippen LogP contribution in [0.2, 0.25) is 0 Å². The molecule has 8 atom stereocenters. The molecular formula is C26H34N4O4. The number of benzene rings is 1. The highest BCUT2D eigenvalue weighted by atomic mass is 16.5. The zero-order chi connectivity index (χ0) is 23.4. The first-order valence-corrected chi connectivity index (χ1v) is 12.9. The number of hydrogen-bond donors (Lipinski definition) is 2. The highest BCUT2D eigenvalue weighted by Crippen LogP contribution is 2.61. The quantitative estimate of drug-likeness (QED) is 0.614. The van der Waals surface area contributed by atoms with Gasteiger partial charge in [0, 0.05) is 12.5 Å². The van der Waals surface area contributed by atoms with E-state index in [1.54, 1.807) is 4.90 Å². The topological polar surface area (TPSA) is 94.5 Å². The van der Waals surface area contributed by atoms with Crippen molar-refractivity contribution in [3.05, 3.63) is 30.3 Å². The summed E-state index contributed by atoms with van der Waals surface area (Å²) in [5.74, 6) is 4.74. The normalized spacial score (nSPS) is 36.5. The Kier molecular flexibility index (Phi) is 5.51. The van der Waals surface area contributed by atoms with Crippen molar-refractivity contribution < 1.29 is 19.4 Å². The molecule has 2 heterocycles. The van der Waals surface area contributed by atoms with Gasteiger partial charge in [0.05, 0.1) is 6.54 Å². The fraction of sp³-hybridized carbons (Fsp3) is 0.654.